The third-order valence-electron chi connectivity index (χ3n) is 5.21. The molecule has 0 amide bonds. The number of hydrogen-bond donors (Lipinski definition) is 1. The molecule has 1 aliphatic carbocycles. The maximum absolute atomic E-state index is 12.4. The molecule has 0 atom stereocenters. The highest BCUT2D eigenvalue weighted by molar-refractivity contribution is 7.19. The first-order valence-corrected chi connectivity index (χ1v) is 12.0. The minimum absolute atomic E-state index is 0.126. The number of nitrogens with one attached hydrogen (secondary N) is 1. The minimum atomic E-state index is -4.45. The van der Waals surface area contributed by atoms with Crippen LogP contribution in [-0.2, 0) is 6.54 Å². The highest BCUT2D eigenvalue weighted by Crippen LogP contribution is 2.35. The molecule has 7 nitrogen and oxygen atoms in total. The molecule has 0 unspecified atom stereocenters. The Kier molecular flexibility index (Phi) is 7.72. The molecule has 0 bridgehead atoms. The van der Waals surface area contributed by atoms with Crippen LogP contribution in [0, 0.1) is 6.92 Å². The topological polar surface area (TPSA) is 82.1 Å². The van der Waals surface area contributed by atoms with E-state index < -0.39 is 12.8 Å². The van der Waals surface area contributed by atoms with Crippen LogP contribution in [0.15, 0.2) is 24.5 Å². The van der Waals surface area contributed by atoms with Gasteiger partial charge in [-0.1, -0.05) is 18.0 Å². The Hall–Kier alpha value is -2.66. The Morgan fingerprint density at radius 2 is 1.97 bits per heavy atom. The molecule has 0 aromatic carbocycles. The van der Waals surface area contributed by atoms with Crippen molar-refractivity contribution in [1.29, 1.82) is 0 Å². The molecule has 12 heteroatoms. The lowest BCUT2D eigenvalue weighted by Crippen LogP contribution is -2.20. The normalized spacial score (nSPS) is 14.7. The summed E-state index contributed by atoms with van der Waals surface area (Å²) in [6, 6.07) is 3.04. The molecule has 0 aliphatic heterocycles. The van der Waals surface area contributed by atoms with E-state index in [4.69, 9.17) is 16.3 Å². The summed E-state index contributed by atoms with van der Waals surface area (Å²) in [5, 5.41) is 2.99. The van der Waals surface area contributed by atoms with Crippen molar-refractivity contribution in [3.05, 3.63) is 40.1 Å². The van der Waals surface area contributed by atoms with Gasteiger partial charge in [-0.2, -0.15) is 18.2 Å². The number of ether oxygens (including phenoxy) is 2. The SMILES string of the molecule is Cc1nc(-c2sc(Cl)cc2CNc2nccc(OCC(F)(F)F)n2)ncc1OC1CCCCC1. The zero-order valence-corrected chi connectivity index (χ0v) is 19.9. The molecule has 1 N–H and O–H groups in total. The second-order valence-electron chi connectivity index (χ2n) is 7.90. The summed E-state index contributed by atoms with van der Waals surface area (Å²) in [7, 11) is 0. The number of aromatic nitrogens is 4. The van der Waals surface area contributed by atoms with Gasteiger partial charge in [0.1, 0.15) is 0 Å². The first-order valence-electron chi connectivity index (χ1n) is 10.8. The average Bonchev–Trinajstić information content (AvgIpc) is 3.19. The van der Waals surface area contributed by atoms with Gasteiger partial charge in [0.25, 0.3) is 0 Å². The summed E-state index contributed by atoms with van der Waals surface area (Å²) < 4.78 is 48.5. The number of rotatable bonds is 8. The zero-order chi connectivity index (χ0) is 24.1. The van der Waals surface area contributed by atoms with E-state index in [2.05, 4.69) is 30.0 Å². The van der Waals surface area contributed by atoms with Gasteiger partial charge in [0, 0.05) is 18.8 Å². The molecule has 4 rings (SSSR count). The molecule has 1 saturated carbocycles. The van der Waals surface area contributed by atoms with Crippen LogP contribution in [0.5, 0.6) is 11.6 Å². The van der Waals surface area contributed by atoms with Gasteiger partial charge in [0.15, 0.2) is 18.2 Å². The Bertz CT molecular complexity index is 1120. The van der Waals surface area contributed by atoms with Crippen molar-refractivity contribution < 1.29 is 22.6 Å². The lowest BCUT2D eigenvalue weighted by atomic mass is 9.98. The van der Waals surface area contributed by atoms with E-state index in [0.717, 1.165) is 29.0 Å². The lowest BCUT2D eigenvalue weighted by molar-refractivity contribution is -0.154. The number of thiophene rings is 1. The Balaban J connectivity index is 1.44. The lowest BCUT2D eigenvalue weighted by Gasteiger charge is -2.23. The van der Waals surface area contributed by atoms with E-state index in [-0.39, 0.29) is 24.5 Å². The van der Waals surface area contributed by atoms with Crippen molar-refractivity contribution in [1.82, 2.24) is 19.9 Å². The molecule has 0 radical (unpaired) electrons. The van der Waals surface area contributed by atoms with Gasteiger partial charge in [-0.05, 0) is 44.2 Å². The predicted octanol–water partition coefficient (Wildman–Crippen LogP) is 6.22. The van der Waals surface area contributed by atoms with Crippen molar-refractivity contribution in [2.45, 2.75) is 57.9 Å². The van der Waals surface area contributed by atoms with Gasteiger partial charge < -0.3 is 14.8 Å². The van der Waals surface area contributed by atoms with Crippen molar-refractivity contribution in [2.24, 2.45) is 0 Å². The first kappa shape index (κ1) is 24.5. The van der Waals surface area contributed by atoms with Crippen LogP contribution in [0.4, 0.5) is 19.1 Å². The van der Waals surface area contributed by atoms with Crippen molar-refractivity contribution >= 4 is 28.9 Å². The quantitative estimate of drug-likeness (QED) is 0.383. The number of aryl methyl sites for hydroxylation is 1. The van der Waals surface area contributed by atoms with Gasteiger partial charge in [-0.25, -0.2) is 15.0 Å². The van der Waals surface area contributed by atoms with Crippen LogP contribution >= 0.6 is 22.9 Å². The summed E-state index contributed by atoms with van der Waals surface area (Å²) in [6.07, 6.45) is 4.46. The second kappa shape index (κ2) is 10.7. The van der Waals surface area contributed by atoms with Crippen LogP contribution in [0.25, 0.3) is 10.7 Å². The van der Waals surface area contributed by atoms with Gasteiger partial charge in [-0.15, -0.1) is 11.3 Å². The number of anilines is 1. The molecule has 3 aromatic heterocycles. The van der Waals surface area contributed by atoms with E-state index in [1.807, 2.05) is 6.92 Å². The van der Waals surface area contributed by atoms with Gasteiger partial charge in [0.2, 0.25) is 11.8 Å². The largest absolute Gasteiger partial charge is 0.487 e. The molecule has 0 spiro atoms. The summed E-state index contributed by atoms with van der Waals surface area (Å²) in [4.78, 5) is 17.9. The van der Waals surface area contributed by atoms with Crippen molar-refractivity contribution in [3.8, 4) is 22.3 Å². The highest BCUT2D eigenvalue weighted by Gasteiger charge is 2.28. The van der Waals surface area contributed by atoms with Crippen LogP contribution in [0.2, 0.25) is 4.34 Å². The van der Waals surface area contributed by atoms with Crippen LogP contribution < -0.4 is 14.8 Å². The average molecular weight is 514 g/mol. The first-order chi connectivity index (χ1) is 16.3. The Labute approximate surface area is 203 Å². The van der Waals surface area contributed by atoms with Crippen molar-refractivity contribution in [2.75, 3.05) is 11.9 Å². The minimum Gasteiger partial charge on any atom is -0.487 e. The van der Waals surface area contributed by atoms with Gasteiger partial charge >= 0.3 is 6.18 Å². The molecule has 3 heterocycles. The zero-order valence-electron chi connectivity index (χ0n) is 18.4. The smallest absolute Gasteiger partial charge is 0.422 e. The monoisotopic (exact) mass is 513 g/mol. The highest BCUT2D eigenvalue weighted by atomic mass is 35.5. The van der Waals surface area contributed by atoms with Gasteiger partial charge in [-0.3, -0.25) is 0 Å². The fourth-order valence-corrected chi connectivity index (χ4v) is 4.81. The third-order valence-corrected chi connectivity index (χ3v) is 6.52. The van der Waals surface area contributed by atoms with E-state index in [1.165, 1.54) is 42.9 Å². The number of hydrogen-bond acceptors (Lipinski definition) is 8. The molecular formula is C22H23ClF3N5O2S. The van der Waals surface area contributed by atoms with E-state index in [1.54, 1.807) is 12.3 Å². The molecule has 182 valence electrons. The van der Waals surface area contributed by atoms with Crippen LogP contribution in [-0.4, -0.2) is 38.8 Å². The Morgan fingerprint density at radius 1 is 1.18 bits per heavy atom. The number of nitrogens with zero attached hydrogens (tertiary/aromatic N) is 4. The molecule has 3 aromatic rings. The predicted molar refractivity (Wildman–Crippen MR) is 124 cm³/mol. The van der Waals surface area contributed by atoms with Gasteiger partial charge in [0.05, 0.1) is 27.2 Å². The molecule has 0 saturated heterocycles. The molecule has 1 fully saturated rings. The van der Waals surface area contributed by atoms with E-state index in [9.17, 15) is 13.2 Å². The summed E-state index contributed by atoms with van der Waals surface area (Å²) in [5.41, 5.74) is 1.55. The van der Waals surface area contributed by atoms with Crippen LogP contribution in [0.3, 0.4) is 0 Å². The third kappa shape index (κ3) is 6.69. The number of alkyl halides is 3. The summed E-state index contributed by atoms with van der Waals surface area (Å²) in [5.74, 6) is 1.15. The van der Waals surface area contributed by atoms with E-state index >= 15 is 0 Å². The maximum Gasteiger partial charge on any atom is 0.422 e. The second-order valence-corrected chi connectivity index (χ2v) is 9.59. The molecule has 34 heavy (non-hydrogen) atoms. The van der Waals surface area contributed by atoms with Crippen LogP contribution in [0.1, 0.15) is 43.4 Å². The summed E-state index contributed by atoms with van der Waals surface area (Å²) >= 11 is 7.59. The maximum atomic E-state index is 12.4. The standard InChI is InChI=1S/C22H23ClF3N5O2S/c1-13-16(33-15-5-3-2-4-6-15)11-28-20(30-13)19-14(9-17(23)34-19)10-29-21-27-8-7-18(31-21)32-12-22(24,25)26/h7-9,11,15H,2-6,10,12H2,1H3,(H,27,29,31). The number of halogens is 4. The Morgan fingerprint density at radius 3 is 2.71 bits per heavy atom. The summed E-state index contributed by atoms with van der Waals surface area (Å²) in [6.45, 7) is 0.728. The fraction of sp³-hybridized carbons (Fsp3) is 0.455. The fourth-order valence-electron chi connectivity index (χ4n) is 3.60. The van der Waals surface area contributed by atoms with E-state index in [0.29, 0.717) is 15.9 Å². The molecule has 1 aliphatic rings. The van der Waals surface area contributed by atoms with Crippen molar-refractivity contribution in [3.63, 3.8) is 0 Å². The molecular weight excluding hydrogens is 491 g/mol.